The van der Waals surface area contributed by atoms with Crippen LogP contribution in [0, 0.1) is 0 Å². The molecular formula is C29H42O7. The second kappa shape index (κ2) is 19.3. The second-order valence-electron chi connectivity index (χ2n) is 8.56. The fourth-order valence-electron chi connectivity index (χ4n) is 3.54. The lowest BCUT2D eigenvalue weighted by Crippen LogP contribution is -2.23. The van der Waals surface area contributed by atoms with E-state index in [1.54, 1.807) is 13.2 Å². The van der Waals surface area contributed by atoms with E-state index in [9.17, 15) is 14.4 Å². The molecule has 1 aromatic rings. The number of methoxy groups -OCH3 is 2. The third-order valence-corrected chi connectivity index (χ3v) is 5.57. The molecule has 7 heteroatoms. The van der Waals surface area contributed by atoms with E-state index in [0.29, 0.717) is 25.9 Å². The highest BCUT2D eigenvalue weighted by molar-refractivity contribution is 5.93. The molecule has 0 saturated carbocycles. The molecule has 1 aromatic carbocycles. The third-order valence-electron chi connectivity index (χ3n) is 5.57. The van der Waals surface area contributed by atoms with E-state index in [0.717, 1.165) is 49.8 Å². The van der Waals surface area contributed by atoms with Gasteiger partial charge in [0.15, 0.2) is 5.78 Å². The molecule has 1 rings (SSSR count). The van der Waals surface area contributed by atoms with Crippen molar-refractivity contribution >= 4 is 17.7 Å². The smallest absolute Gasteiger partial charge is 0.305 e. The average Bonchev–Trinajstić information content (AvgIpc) is 2.88. The molecule has 7 nitrogen and oxygen atoms in total. The highest BCUT2D eigenvalue weighted by Gasteiger charge is 2.17. The van der Waals surface area contributed by atoms with Gasteiger partial charge in [0.05, 0.1) is 20.8 Å². The zero-order valence-corrected chi connectivity index (χ0v) is 22.2. The van der Waals surface area contributed by atoms with Crippen LogP contribution in [0.2, 0.25) is 0 Å². The highest BCUT2D eigenvalue weighted by atomic mass is 16.5. The van der Waals surface area contributed by atoms with E-state index in [2.05, 4.69) is 4.74 Å². The number of carbonyl (C=O) groups excluding carboxylic acids is 3. The summed E-state index contributed by atoms with van der Waals surface area (Å²) in [6.07, 6.45) is 13.0. The molecule has 0 saturated heterocycles. The highest BCUT2D eigenvalue weighted by Crippen LogP contribution is 2.15. The number of ketones is 1. The topological polar surface area (TPSA) is 88.1 Å². The maximum absolute atomic E-state index is 12.9. The fourth-order valence-corrected chi connectivity index (χ4v) is 3.54. The molecule has 0 aromatic heterocycles. The molecule has 0 aliphatic carbocycles. The predicted molar refractivity (Wildman–Crippen MR) is 140 cm³/mol. The summed E-state index contributed by atoms with van der Waals surface area (Å²) in [7, 11) is 3.01. The molecule has 200 valence electrons. The zero-order valence-electron chi connectivity index (χ0n) is 22.2. The molecule has 0 spiro atoms. The number of unbranched alkanes of at least 4 members (excludes halogenated alkanes) is 4. The van der Waals surface area contributed by atoms with Crippen LogP contribution in [-0.2, 0) is 35.2 Å². The largest absolute Gasteiger partial charge is 0.497 e. The van der Waals surface area contributed by atoms with E-state index in [-0.39, 0.29) is 17.7 Å². The SMILES string of the molecule is CC/C=C\C[C@H](OCc1ccc(OC)cc1)C(=O)/C=C/[C@H](CCCCCCCC(=O)OC)OC(C)=O. The van der Waals surface area contributed by atoms with Crippen molar-refractivity contribution in [3.8, 4) is 5.75 Å². The first kappa shape index (κ1) is 31.1. The van der Waals surface area contributed by atoms with Gasteiger partial charge in [-0.15, -0.1) is 0 Å². The molecule has 0 aliphatic heterocycles. The minimum Gasteiger partial charge on any atom is -0.497 e. The normalized spacial score (nSPS) is 13.0. The molecule has 0 heterocycles. The summed E-state index contributed by atoms with van der Waals surface area (Å²) in [4.78, 5) is 35.6. The second-order valence-corrected chi connectivity index (χ2v) is 8.56. The summed E-state index contributed by atoms with van der Waals surface area (Å²) < 4.78 is 21.2. The van der Waals surface area contributed by atoms with Gasteiger partial charge < -0.3 is 18.9 Å². The first-order valence-electron chi connectivity index (χ1n) is 12.7. The van der Waals surface area contributed by atoms with Crippen LogP contribution in [-0.4, -0.2) is 44.1 Å². The van der Waals surface area contributed by atoms with E-state index in [1.165, 1.54) is 20.1 Å². The summed E-state index contributed by atoms with van der Waals surface area (Å²) in [5.74, 6) is 0.0340. The Morgan fingerprint density at radius 3 is 2.28 bits per heavy atom. The van der Waals surface area contributed by atoms with Gasteiger partial charge in [0.1, 0.15) is 18.0 Å². The molecule has 2 atom stereocenters. The van der Waals surface area contributed by atoms with Crippen LogP contribution < -0.4 is 4.74 Å². The first-order chi connectivity index (χ1) is 17.4. The van der Waals surface area contributed by atoms with Gasteiger partial charge in [0.2, 0.25) is 0 Å². The van der Waals surface area contributed by atoms with E-state index in [4.69, 9.17) is 14.2 Å². The van der Waals surface area contributed by atoms with Crippen LogP contribution in [0.3, 0.4) is 0 Å². The Balaban J connectivity index is 2.63. The number of hydrogen-bond acceptors (Lipinski definition) is 7. The van der Waals surface area contributed by atoms with Crippen molar-refractivity contribution in [2.45, 2.75) is 90.4 Å². The number of ether oxygens (including phenoxy) is 4. The van der Waals surface area contributed by atoms with Crippen molar-refractivity contribution in [1.29, 1.82) is 0 Å². The van der Waals surface area contributed by atoms with Gasteiger partial charge in [-0.25, -0.2) is 0 Å². The molecule has 0 bridgehead atoms. The molecule has 0 fully saturated rings. The lowest BCUT2D eigenvalue weighted by atomic mass is 10.1. The van der Waals surface area contributed by atoms with E-state index < -0.39 is 12.2 Å². The maximum Gasteiger partial charge on any atom is 0.305 e. The van der Waals surface area contributed by atoms with Gasteiger partial charge in [0, 0.05) is 13.3 Å². The van der Waals surface area contributed by atoms with Gasteiger partial charge in [-0.1, -0.05) is 50.5 Å². The maximum atomic E-state index is 12.9. The number of benzene rings is 1. The number of carbonyl (C=O) groups is 3. The summed E-state index contributed by atoms with van der Waals surface area (Å²) in [5.41, 5.74) is 0.946. The molecular weight excluding hydrogens is 460 g/mol. The van der Waals surface area contributed by atoms with Crippen molar-refractivity contribution in [1.82, 2.24) is 0 Å². The molecule has 0 N–H and O–H groups in total. The van der Waals surface area contributed by atoms with Crippen molar-refractivity contribution in [2.24, 2.45) is 0 Å². The van der Waals surface area contributed by atoms with Crippen molar-refractivity contribution < 1.29 is 33.3 Å². The Labute approximate surface area is 215 Å². The van der Waals surface area contributed by atoms with Gasteiger partial charge in [-0.2, -0.15) is 0 Å². The van der Waals surface area contributed by atoms with Gasteiger partial charge in [0.25, 0.3) is 0 Å². The first-order valence-corrected chi connectivity index (χ1v) is 12.7. The quantitative estimate of drug-likeness (QED) is 0.101. The van der Waals surface area contributed by atoms with Crippen LogP contribution in [0.4, 0.5) is 0 Å². The summed E-state index contributed by atoms with van der Waals surface area (Å²) in [5, 5.41) is 0. The number of esters is 2. The van der Waals surface area contributed by atoms with Crippen LogP contribution in [0.1, 0.15) is 77.2 Å². The Morgan fingerprint density at radius 2 is 1.64 bits per heavy atom. The number of allylic oxidation sites excluding steroid dienone is 1. The third kappa shape index (κ3) is 14.5. The minimum atomic E-state index is -0.626. The van der Waals surface area contributed by atoms with Gasteiger partial charge in [-0.3, -0.25) is 14.4 Å². The lowest BCUT2D eigenvalue weighted by Gasteiger charge is -2.16. The van der Waals surface area contributed by atoms with Crippen LogP contribution in [0.25, 0.3) is 0 Å². The Kier molecular flexibility index (Phi) is 16.7. The van der Waals surface area contributed by atoms with Crippen molar-refractivity contribution in [2.75, 3.05) is 14.2 Å². The summed E-state index contributed by atoms with van der Waals surface area (Å²) >= 11 is 0. The molecule has 0 radical (unpaired) electrons. The van der Waals surface area contributed by atoms with Crippen molar-refractivity contribution in [3.63, 3.8) is 0 Å². The van der Waals surface area contributed by atoms with Crippen LogP contribution in [0.15, 0.2) is 48.6 Å². The average molecular weight is 503 g/mol. The Morgan fingerprint density at radius 1 is 0.944 bits per heavy atom. The lowest BCUT2D eigenvalue weighted by molar-refractivity contribution is -0.144. The van der Waals surface area contributed by atoms with E-state index in [1.807, 2.05) is 43.3 Å². The summed E-state index contributed by atoms with van der Waals surface area (Å²) in [6, 6.07) is 7.53. The predicted octanol–water partition coefficient (Wildman–Crippen LogP) is 5.90. The molecule has 36 heavy (non-hydrogen) atoms. The standard InChI is InChI=1S/C29H42O7/c1-5-6-10-14-28(35-22-24-16-18-25(33-3)19-17-24)27(31)21-20-26(36-23(2)30)13-11-8-7-9-12-15-29(32)34-4/h6,10,16-21,26,28H,5,7-9,11-15,22H2,1-4H3/b10-6-,21-20+/t26-,28-/m0/s1. The Bertz CT molecular complexity index is 827. The Hall–Kier alpha value is -2.93. The van der Waals surface area contributed by atoms with Crippen LogP contribution in [0.5, 0.6) is 5.75 Å². The summed E-state index contributed by atoms with van der Waals surface area (Å²) in [6.45, 7) is 3.71. The van der Waals surface area contributed by atoms with Gasteiger partial charge in [-0.05, 0) is 62.0 Å². The zero-order chi connectivity index (χ0) is 26.6. The van der Waals surface area contributed by atoms with Crippen LogP contribution >= 0.6 is 0 Å². The number of rotatable bonds is 19. The van der Waals surface area contributed by atoms with Gasteiger partial charge >= 0.3 is 11.9 Å². The van der Waals surface area contributed by atoms with Crippen molar-refractivity contribution in [3.05, 3.63) is 54.1 Å². The fraction of sp³-hybridized carbons (Fsp3) is 0.552. The molecule has 0 unspecified atom stereocenters. The number of hydrogen-bond donors (Lipinski definition) is 0. The minimum absolute atomic E-state index is 0.163. The van der Waals surface area contributed by atoms with E-state index >= 15 is 0 Å². The molecule has 0 amide bonds. The monoisotopic (exact) mass is 502 g/mol. The molecule has 0 aliphatic rings.